The first-order chi connectivity index (χ1) is 17.0. The van der Waals surface area contributed by atoms with E-state index in [0.29, 0.717) is 0 Å². The number of benzene rings is 3. The van der Waals surface area contributed by atoms with Crippen LogP contribution >= 0.6 is 35.1 Å². The maximum Gasteiger partial charge on any atom is 0.200 e. The number of alkyl halides is 1. The van der Waals surface area contributed by atoms with Crippen molar-refractivity contribution in [2.45, 2.75) is 13.3 Å². The van der Waals surface area contributed by atoms with E-state index >= 15 is 0 Å². The smallest absolute Gasteiger partial charge is 0.200 e. The molecule has 0 spiro atoms. The molecule has 0 bridgehead atoms. The summed E-state index contributed by atoms with van der Waals surface area (Å²) >= 11 is 3.44. The molecule has 0 fully saturated rings. The van der Waals surface area contributed by atoms with Crippen molar-refractivity contribution >= 4 is 35.1 Å². The average Bonchev–Trinajstić information content (AvgIpc) is 2.86. The number of hydrogen-bond acceptors (Lipinski definition) is 2. The first-order valence-electron chi connectivity index (χ1n) is 8.59. The topological polar surface area (TPSA) is 0 Å². The Bertz CT molecular complexity index is 1300. The van der Waals surface area contributed by atoms with Crippen LogP contribution in [0.3, 0.4) is 0 Å². The van der Waals surface area contributed by atoms with Gasteiger partial charge in [0.25, 0.3) is 0 Å². The van der Waals surface area contributed by atoms with Gasteiger partial charge < -0.3 is 0 Å². The van der Waals surface area contributed by atoms with Crippen LogP contribution in [0.1, 0.15) is 5.56 Å². The summed E-state index contributed by atoms with van der Waals surface area (Å²) in [4.78, 5) is -4.38. The van der Waals surface area contributed by atoms with Crippen LogP contribution in [0.2, 0.25) is 0 Å². The zero-order valence-electron chi connectivity index (χ0n) is 16.4. The van der Waals surface area contributed by atoms with Crippen molar-refractivity contribution < 1.29 is 65.9 Å². The largest absolute Gasteiger partial charge is 0.203 e. The molecule has 0 saturated heterocycles. The van der Waals surface area contributed by atoms with Crippen LogP contribution in [0.25, 0.3) is 0 Å². The lowest BCUT2D eigenvalue weighted by Crippen LogP contribution is -2.20. The van der Waals surface area contributed by atoms with E-state index in [2.05, 4.69) is 0 Å². The molecule has 0 radical (unpaired) electrons. The zero-order chi connectivity index (χ0) is 28.3. The van der Waals surface area contributed by atoms with Crippen LogP contribution in [0.5, 0.6) is 0 Å². The highest BCUT2D eigenvalue weighted by Crippen LogP contribution is 2.59. The van der Waals surface area contributed by atoms with E-state index in [0.717, 1.165) is 0 Å². The fourth-order valence-corrected chi connectivity index (χ4v) is 5.70. The maximum absolute atomic E-state index is 14.5. The van der Waals surface area contributed by atoms with Gasteiger partial charge in [0.1, 0.15) is 0 Å². The molecular weight excluding hydrogens is 613 g/mol. The van der Waals surface area contributed by atoms with E-state index in [1.54, 1.807) is 0 Å². The predicted molar refractivity (Wildman–Crippen MR) is 97.9 cm³/mol. The molecular formula is C19ClF15S2. The van der Waals surface area contributed by atoms with Gasteiger partial charge in [0.15, 0.2) is 73.3 Å². The summed E-state index contributed by atoms with van der Waals surface area (Å²) in [5, 5.41) is 0. The van der Waals surface area contributed by atoms with E-state index in [1.165, 1.54) is 0 Å². The van der Waals surface area contributed by atoms with Gasteiger partial charge in [-0.15, -0.1) is 0 Å². The summed E-state index contributed by atoms with van der Waals surface area (Å²) in [6.45, 7) is 0. The highest BCUT2D eigenvalue weighted by molar-refractivity contribution is 8.19. The Morgan fingerprint density at radius 2 is 0.514 bits per heavy atom. The summed E-state index contributed by atoms with van der Waals surface area (Å²) in [5.41, 5.74) is -2.41. The van der Waals surface area contributed by atoms with Crippen molar-refractivity contribution in [1.29, 1.82) is 0 Å². The van der Waals surface area contributed by atoms with Crippen LogP contribution in [-0.2, 0) is 3.54 Å². The number of hydrogen-bond donors (Lipinski definition) is 0. The van der Waals surface area contributed by atoms with Gasteiger partial charge in [0.05, 0.1) is 15.4 Å². The third-order valence-electron chi connectivity index (χ3n) is 4.31. The van der Waals surface area contributed by atoms with Crippen LogP contribution in [0.15, 0.2) is 9.79 Å². The summed E-state index contributed by atoms with van der Waals surface area (Å²) < 4.78 is 204. The second kappa shape index (κ2) is 10.1. The Morgan fingerprint density at radius 1 is 0.324 bits per heavy atom. The lowest BCUT2D eigenvalue weighted by molar-refractivity contribution is 0.359. The summed E-state index contributed by atoms with van der Waals surface area (Å²) in [6, 6.07) is 0. The maximum atomic E-state index is 14.5. The van der Waals surface area contributed by atoms with E-state index in [9.17, 15) is 65.9 Å². The molecule has 37 heavy (non-hydrogen) atoms. The quantitative estimate of drug-likeness (QED) is 0.0706. The molecule has 200 valence electrons. The van der Waals surface area contributed by atoms with Crippen LogP contribution in [-0.4, -0.2) is 0 Å². The molecule has 0 aliphatic rings. The second-order valence-electron chi connectivity index (χ2n) is 6.48. The Kier molecular flexibility index (Phi) is 7.92. The highest BCUT2D eigenvalue weighted by atomic mass is 35.5. The lowest BCUT2D eigenvalue weighted by atomic mass is 10.2. The van der Waals surface area contributed by atoms with Crippen LogP contribution < -0.4 is 0 Å². The molecule has 0 unspecified atom stereocenters. The molecule has 0 nitrogen and oxygen atoms in total. The van der Waals surface area contributed by atoms with Gasteiger partial charge in [-0.2, -0.15) is 0 Å². The highest BCUT2D eigenvalue weighted by Gasteiger charge is 2.46. The molecule has 3 rings (SSSR count). The average molecular weight is 613 g/mol. The van der Waals surface area contributed by atoms with E-state index in [4.69, 9.17) is 11.6 Å². The Morgan fingerprint density at radius 3 is 0.757 bits per heavy atom. The standard InChI is InChI=1S/C19ClF15S2/c20-19(1-2(21)4(23)6(25)5(24)3(1)22,36-17-13(32)9(28)7(26)10(29)14(17)33)37-18-15(34)11(30)8(27)12(31)16(18)35. The Hall–Kier alpha value is -2.40. The van der Waals surface area contributed by atoms with Crippen molar-refractivity contribution in [3.8, 4) is 0 Å². The predicted octanol–water partition coefficient (Wildman–Crippen LogP) is 8.71. The number of thioether (sulfide) groups is 2. The molecule has 0 atom stereocenters. The van der Waals surface area contributed by atoms with Gasteiger partial charge in [-0.1, -0.05) is 35.1 Å². The molecule has 0 saturated carbocycles. The molecule has 0 amide bonds. The third-order valence-corrected chi connectivity index (χ3v) is 7.52. The van der Waals surface area contributed by atoms with Gasteiger partial charge in [-0.05, 0) is 0 Å². The van der Waals surface area contributed by atoms with Gasteiger partial charge in [0.2, 0.25) is 17.5 Å². The Labute approximate surface area is 207 Å². The molecule has 0 aromatic heterocycles. The molecule has 0 N–H and O–H groups in total. The fourth-order valence-electron chi connectivity index (χ4n) is 2.60. The molecule has 0 aliphatic heterocycles. The third kappa shape index (κ3) is 4.58. The first-order valence-corrected chi connectivity index (χ1v) is 10.6. The minimum Gasteiger partial charge on any atom is -0.203 e. The first kappa shape index (κ1) is 29.2. The molecule has 0 heterocycles. The van der Waals surface area contributed by atoms with E-state index in [1.807, 2.05) is 0 Å². The van der Waals surface area contributed by atoms with Crippen LogP contribution in [0.4, 0.5) is 65.9 Å². The fraction of sp³-hybridized carbons (Fsp3) is 0.0526. The van der Waals surface area contributed by atoms with Gasteiger partial charge >= 0.3 is 0 Å². The molecule has 3 aromatic rings. The molecule has 18 heteroatoms. The summed E-state index contributed by atoms with van der Waals surface area (Å²) in [7, 11) is 0. The summed E-state index contributed by atoms with van der Waals surface area (Å²) in [5.74, 6) is -41.9. The summed E-state index contributed by atoms with van der Waals surface area (Å²) in [6.07, 6.45) is 0. The second-order valence-corrected chi connectivity index (χ2v) is 10.2. The van der Waals surface area contributed by atoms with Crippen LogP contribution in [0, 0.1) is 87.3 Å². The van der Waals surface area contributed by atoms with Crippen molar-refractivity contribution in [2.75, 3.05) is 0 Å². The van der Waals surface area contributed by atoms with Gasteiger partial charge in [-0.25, -0.2) is 65.9 Å². The SMILES string of the molecule is Fc1c(F)c(F)c(SC(Cl)(Sc2c(F)c(F)c(F)c(F)c2F)c2c(F)c(F)c(F)c(F)c2F)c(F)c1F. The number of rotatable bonds is 5. The molecule has 3 aromatic carbocycles. The Balaban J connectivity index is 2.43. The lowest BCUT2D eigenvalue weighted by Gasteiger charge is -2.28. The van der Waals surface area contributed by atoms with Gasteiger partial charge in [0, 0.05) is 0 Å². The van der Waals surface area contributed by atoms with E-state index in [-0.39, 0.29) is 0 Å². The van der Waals surface area contributed by atoms with Crippen molar-refractivity contribution in [2.24, 2.45) is 0 Å². The minimum absolute atomic E-state index is 1.16. The van der Waals surface area contributed by atoms with Gasteiger partial charge in [-0.3, -0.25) is 0 Å². The zero-order valence-corrected chi connectivity index (χ0v) is 18.8. The normalized spacial score (nSPS) is 12.0. The van der Waals surface area contributed by atoms with Crippen molar-refractivity contribution in [3.63, 3.8) is 0 Å². The minimum atomic E-state index is -3.99. The molecule has 0 aliphatic carbocycles. The monoisotopic (exact) mass is 612 g/mol. The van der Waals surface area contributed by atoms with Crippen molar-refractivity contribution in [1.82, 2.24) is 0 Å². The number of halogens is 16. The van der Waals surface area contributed by atoms with Crippen molar-refractivity contribution in [3.05, 3.63) is 92.8 Å². The van der Waals surface area contributed by atoms with E-state index < -0.39 is 130 Å².